The van der Waals surface area contributed by atoms with E-state index in [2.05, 4.69) is 17.6 Å². The van der Waals surface area contributed by atoms with Gasteiger partial charge >= 0.3 is 0 Å². The lowest BCUT2D eigenvalue weighted by Gasteiger charge is -2.14. The molecule has 4 heteroatoms. The summed E-state index contributed by atoms with van der Waals surface area (Å²) in [7, 11) is 1.61. The quantitative estimate of drug-likeness (QED) is 0.698. The fraction of sp³-hybridized carbons (Fsp3) is 0.500. The molecule has 98 valence electrons. The number of anilines is 2. The number of nitrogens with two attached hydrogens (primary N) is 1. The molecule has 0 saturated heterocycles. The molecule has 1 aliphatic carbocycles. The van der Waals surface area contributed by atoms with Crippen molar-refractivity contribution in [3.8, 4) is 0 Å². The molecule has 0 aromatic heterocycles. The standard InChI is InChI=1S/C14H21N3O/c1-9(10-3-4-10)8-17-13-6-5-11(7-12(13)15)14(18)16-2/h5-7,9-10,17H,3-4,8,15H2,1-2H3,(H,16,18). The Morgan fingerprint density at radius 1 is 1.50 bits per heavy atom. The predicted octanol–water partition coefficient (Wildman–Crippen LogP) is 2.09. The van der Waals surface area contributed by atoms with Crippen LogP contribution in [0.2, 0.25) is 0 Å². The zero-order valence-electron chi connectivity index (χ0n) is 11.0. The van der Waals surface area contributed by atoms with Gasteiger partial charge in [-0.2, -0.15) is 0 Å². The second-order valence-electron chi connectivity index (χ2n) is 5.08. The van der Waals surface area contributed by atoms with E-state index in [4.69, 9.17) is 5.73 Å². The van der Waals surface area contributed by atoms with E-state index in [1.165, 1.54) is 12.8 Å². The Labute approximate surface area is 108 Å². The van der Waals surface area contributed by atoms with Gasteiger partial charge < -0.3 is 16.4 Å². The lowest BCUT2D eigenvalue weighted by atomic mass is 10.1. The number of nitrogens with one attached hydrogen (secondary N) is 2. The third-order valence-corrected chi connectivity index (χ3v) is 3.58. The molecular formula is C14H21N3O. The highest BCUT2D eigenvalue weighted by atomic mass is 16.1. The van der Waals surface area contributed by atoms with Crippen molar-refractivity contribution in [1.29, 1.82) is 0 Å². The van der Waals surface area contributed by atoms with Crippen LogP contribution in [0.1, 0.15) is 30.1 Å². The first kappa shape index (κ1) is 12.7. The topological polar surface area (TPSA) is 67.2 Å². The number of hydrogen-bond donors (Lipinski definition) is 3. The van der Waals surface area contributed by atoms with Gasteiger partial charge in [-0.3, -0.25) is 4.79 Å². The molecule has 1 atom stereocenters. The van der Waals surface area contributed by atoms with Crippen molar-refractivity contribution >= 4 is 17.3 Å². The summed E-state index contributed by atoms with van der Waals surface area (Å²) in [6.07, 6.45) is 2.71. The van der Waals surface area contributed by atoms with Gasteiger partial charge in [0.2, 0.25) is 0 Å². The van der Waals surface area contributed by atoms with Crippen molar-refractivity contribution in [3.05, 3.63) is 23.8 Å². The second-order valence-corrected chi connectivity index (χ2v) is 5.08. The molecule has 1 aliphatic rings. The molecule has 1 aromatic rings. The van der Waals surface area contributed by atoms with E-state index in [0.717, 1.165) is 18.2 Å². The Hall–Kier alpha value is -1.71. The SMILES string of the molecule is CNC(=O)c1ccc(NCC(C)C2CC2)c(N)c1. The highest BCUT2D eigenvalue weighted by Crippen LogP contribution is 2.36. The van der Waals surface area contributed by atoms with Crippen LogP contribution in [0, 0.1) is 11.8 Å². The molecular weight excluding hydrogens is 226 g/mol. The molecule has 0 radical (unpaired) electrons. The average Bonchev–Trinajstić information content (AvgIpc) is 3.20. The van der Waals surface area contributed by atoms with E-state index in [9.17, 15) is 4.79 Å². The number of nitrogen functional groups attached to an aromatic ring is 1. The molecule has 18 heavy (non-hydrogen) atoms. The summed E-state index contributed by atoms with van der Waals surface area (Å²) in [4.78, 5) is 11.5. The minimum atomic E-state index is -0.111. The summed E-state index contributed by atoms with van der Waals surface area (Å²) in [6.45, 7) is 3.20. The third kappa shape index (κ3) is 2.94. The lowest BCUT2D eigenvalue weighted by Crippen LogP contribution is -2.18. The van der Waals surface area contributed by atoms with Crippen molar-refractivity contribution in [1.82, 2.24) is 5.32 Å². The Kier molecular flexibility index (Phi) is 3.75. The largest absolute Gasteiger partial charge is 0.397 e. The van der Waals surface area contributed by atoms with Crippen LogP contribution in [-0.4, -0.2) is 19.5 Å². The van der Waals surface area contributed by atoms with Gasteiger partial charge in [0.05, 0.1) is 11.4 Å². The molecule has 1 amide bonds. The van der Waals surface area contributed by atoms with Gasteiger partial charge in [-0.15, -0.1) is 0 Å². The van der Waals surface area contributed by atoms with Crippen LogP contribution in [0.15, 0.2) is 18.2 Å². The number of rotatable bonds is 5. The fourth-order valence-corrected chi connectivity index (χ4v) is 2.11. The zero-order chi connectivity index (χ0) is 13.1. The molecule has 1 fully saturated rings. The monoisotopic (exact) mass is 247 g/mol. The summed E-state index contributed by atoms with van der Waals surface area (Å²) in [5.41, 5.74) is 8.08. The molecule has 0 spiro atoms. The summed E-state index contributed by atoms with van der Waals surface area (Å²) >= 11 is 0. The first-order valence-electron chi connectivity index (χ1n) is 6.47. The predicted molar refractivity (Wildman–Crippen MR) is 74.6 cm³/mol. The Balaban J connectivity index is 1.98. The van der Waals surface area contributed by atoms with Crippen LogP contribution < -0.4 is 16.4 Å². The number of carbonyl (C=O) groups is 1. The number of carbonyl (C=O) groups excluding carboxylic acids is 1. The minimum Gasteiger partial charge on any atom is -0.397 e. The summed E-state index contributed by atoms with van der Waals surface area (Å²) in [5.74, 6) is 1.45. The summed E-state index contributed by atoms with van der Waals surface area (Å²) in [6, 6.07) is 5.38. The molecule has 4 N–H and O–H groups in total. The zero-order valence-corrected chi connectivity index (χ0v) is 11.0. The molecule has 0 aliphatic heterocycles. The van der Waals surface area contributed by atoms with E-state index in [1.807, 2.05) is 6.07 Å². The van der Waals surface area contributed by atoms with Gasteiger partial charge in [0, 0.05) is 19.2 Å². The van der Waals surface area contributed by atoms with Crippen molar-refractivity contribution < 1.29 is 4.79 Å². The highest BCUT2D eigenvalue weighted by Gasteiger charge is 2.27. The Morgan fingerprint density at radius 3 is 2.78 bits per heavy atom. The first-order valence-corrected chi connectivity index (χ1v) is 6.47. The first-order chi connectivity index (χ1) is 8.61. The molecule has 1 saturated carbocycles. The molecule has 0 bridgehead atoms. The van der Waals surface area contributed by atoms with E-state index in [1.54, 1.807) is 19.2 Å². The van der Waals surface area contributed by atoms with Gasteiger partial charge in [0.15, 0.2) is 0 Å². The van der Waals surface area contributed by atoms with Crippen molar-refractivity contribution in [2.75, 3.05) is 24.6 Å². The molecule has 1 unspecified atom stereocenters. The van der Waals surface area contributed by atoms with E-state index in [0.29, 0.717) is 17.2 Å². The maximum absolute atomic E-state index is 11.5. The Morgan fingerprint density at radius 2 is 2.22 bits per heavy atom. The van der Waals surface area contributed by atoms with Crippen LogP contribution in [0.3, 0.4) is 0 Å². The molecule has 4 nitrogen and oxygen atoms in total. The maximum atomic E-state index is 11.5. The van der Waals surface area contributed by atoms with Gasteiger partial charge in [0.1, 0.15) is 0 Å². The van der Waals surface area contributed by atoms with Crippen molar-refractivity contribution in [2.24, 2.45) is 11.8 Å². The van der Waals surface area contributed by atoms with Gasteiger partial charge in [-0.05, 0) is 42.9 Å². The smallest absolute Gasteiger partial charge is 0.251 e. The van der Waals surface area contributed by atoms with E-state index < -0.39 is 0 Å². The van der Waals surface area contributed by atoms with Crippen LogP contribution in [0.4, 0.5) is 11.4 Å². The van der Waals surface area contributed by atoms with Crippen LogP contribution in [-0.2, 0) is 0 Å². The average molecular weight is 247 g/mol. The summed E-state index contributed by atoms with van der Waals surface area (Å²) < 4.78 is 0. The van der Waals surface area contributed by atoms with Gasteiger partial charge in [0.25, 0.3) is 5.91 Å². The van der Waals surface area contributed by atoms with Crippen molar-refractivity contribution in [2.45, 2.75) is 19.8 Å². The molecule has 0 heterocycles. The fourth-order valence-electron chi connectivity index (χ4n) is 2.11. The maximum Gasteiger partial charge on any atom is 0.251 e. The molecule has 1 aromatic carbocycles. The van der Waals surface area contributed by atoms with Crippen LogP contribution in [0.25, 0.3) is 0 Å². The number of amides is 1. The summed E-state index contributed by atoms with van der Waals surface area (Å²) in [5, 5.41) is 5.95. The number of hydrogen-bond acceptors (Lipinski definition) is 3. The van der Waals surface area contributed by atoms with Crippen molar-refractivity contribution in [3.63, 3.8) is 0 Å². The highest BCUT2D eigenvalue weighted by molar-refractivity contribution is 5.95. The third-order valence-electron chi connectivity index (χ3n) is 3.58. The van der Waals surface area contributed by atoms with Gasteiger partial charge in [-0.1, -0.05) is 6.92 Å². The van der Waals surface area contributed by atoms with E-state index >= 15 is 0 Å². The van der Waals surface area contributed by atoms with Crippen LogP contribution in [0.5, 0.6) is 0 Å². The van der Waals surface area contributed by atoms with E-state index in [-0.39, 0.29) is 5.91 Å². The molecule has 2 rings (SSSR count). The Bertz CT molecular complexity index is 441. The minimum absolute atomic E-state index is 0.111. The second kappa shape index (κ2) is 5.29. The lowest BCUT2D eigenvalue weighted by molar-refractivity contribution is 0.0963. The number of benzene rings is 1. The van der Waals surface area contributed by atoms with Crippen LogP contribution >= 0.6 is 0 Å². The normalized spacial score (nSPS) is 16.1. The van der Waals surface area contributed by atoms with Gasteiger partial charge in [-0.25, -0.2) is 0 Å².